The zero-order valence-electron chi connectivity index (χ0n) is 10.8. The predicted molar refractivity (Wildman–Crippen MR) is 76.4 cm³/mol. The minimum absolute atomic E-state index is 0.0403. The maximum Gasteiger partial charge on any atom is 0.255 e. The van der Waals surface area contributed by atoms with Crippen LogP contribution in [-0.2, 0) is 17.8 Å². The van der Waals surface area contributed by atoms with Crippen molar-refractivity contribution in [2.75, 3.05) is 5.32 Å². The van der Waals surface area contributed by atoms with Gasteiger partial charge in [-0.05, 0) is 35.4 Å². The van der Waals surface area contributed by atoms with Crippen molar-refractivity contribution in [3.05, 3.63) is 65.2 Å². The van der Waals surface area contributed by atoms with Gasteiger partial charge in [0.05, 0.1) is 6.42 Å². The number of carbonyl (C=O) groups excluding carboxylic acids is 2. The minimum Gasteiger partial charge on any atom is -0.352 e. The van der Waals surface area contributed by atoms with Crippen LogP contribution in [0, 0.1) is 0 Å². The molecule has 4 heteroatoms. The van der Waals surface area contributed by atoms with Gasteiger partial charge in [0.25, 0.3) is 5.91 Å². The number of rotatable bonds is 2. The minimum atomic E-state index is -0.134. The molecule has 0 aliphatic carbocycles. The van der Waals surface area contributed by atoms with Crippen LogP contribution in [0.1, 0.15) is 21.5 Å². The Kier molecular flexibility index (Phi) is 3.21. The van der Waals surface area contributed by atoms with Crippen LogP contribution in [0.15, 0.2) is 48.5 Å². The maximum atomic E-state index is 12.1. The van der Waals surface area contributed by atoms with E-state index in [9.17, 15) is 9.59 Å². The van der Waals surface area contributed by atoms with Crippen molar-refractivity contribution in [3.8, 4) is 0 Å². The van der Waals surface area contributed by atoms with Gasteiger partial charge in [-0.1, -0.05) is 24.3 Å². The van der Waals surface area contributed by atoms with E-state index in [-0.39, 0.29) is 11.8 Å². The summed E-state index contributed by atoms with van der Waals surface area (Å²) in [6.45, 7) is 0.517. The molecule has 0 spiro atoms. The molecule has 0 radical (unpaired) electrons. The van der Waals surface area contributed by atoms with E-state index in [1.165, 1.54) is 0 Å². The summed E-state index contributed by atoms with van der Waals surface area (Å²) < 4.78 is 0. The van der Waals surface area contributed by atoms with E-state index in [2.05, 4.69) is 10.6 Å². The van der Waals surface area contributed by atoms with Gasteiger partial charge in [-0.15, -0.1) is 0 Å². The molecule has 0 saturated heterocycles. The number of amides is 2. The Hall–Kier alpha value is -2.62. The summed E-state index contributed by atoms with van der Waals surface area (Å²) in [4.78, 5) is 23.3. The van der Waals surface area contributed by atoms with Gasteiger partial charge in [-0.2, -0.15) is 0 Å². The van der Waals surface area contributed by atoms with E-state index in [4.69, 9.17) is 0 Å². The van der Waals surface area contributed by atoms with Crippen LogP contribution in [0.25, 0.3) is 0 Å². The zero-order valence-corrected chi connectivity index (χ0v) is 10.8. The van der Waals surface area contributed by atoms with Gasteiger partial charge in [-0.3, -0.25) is 9.59 Å². The zero-order chi connectivity index (χ0) is 13.9. The summed E-state index contributed by atoms with van der Waals surface area (Å²) in [5.41, 5.74) is 3.44. The summed E-state index contributed by atoms with van der Waals surface area (Å²) in [5, 5.41) is 5.67. The number of fused-ring (bicyclic) bond motifs is 1. The van der Waals surface area contributed by atoms with Crippen molar-refractivity contribution in [1.29, 1.82) is 0 Å². The Bertz CT molecular complexity index is 665. The van der Waals surface area contributed by atoms with Gasteiger partial charge >= 0.3 is 0 Å². The highest BCUT2D eigenvalue weighted by molar-refractivity contribution is 6.04. The number of benzene rings is 2. The van der Waals surface area contributed by atoms with Crippen LogP contribution in [0.2, 0.25) is 0 Å². The largest absolute Gasteiger partial charge is 0.352 e. The van der Waals surface area contributed by atoms with Crippen LogP contribution >= 0.6 is 0 Å². The van der Waals surface area contributed by atoms with Gasteiger partial charge in [0.15, 0.2) is 0 Å². The van der Waals surface area contributed by atoms with Crippen LogP contribution < -0.4 is 10.6 Å². The Morgan fingerprint density at radius 3 is 2.65 bits per heavy atom. The van der Waals surface area contributed by atoms with Crippen molar-refractivity contribution < 1.29 is 9.59 Å². The molecule has 0 bridgehead atoms. The fraction of sp³-hybridized carbons (Fsp3) is 0.125. The molecule has 100 valence electrons. The average Bonchev–Trinajstić information content (AvgIpc) is 2.48. The van der Waals surface area contributed by atoms with Crippen LogP contribution in [0.5, 0.6) is 0 Å². The first kappa shape index (κ1) is 12.4. The Morgan fingerprint density at radius 1 is 1.05 bits per heavy atom. The predicted octanol–water partition coefficient (Wildman–Crippen LogP) is 2.11. The molecule has 0 unspecified atom stereocenters. The average molecular weight is 266 g/mol. The lowest BCUT2D eigenvalue weighted by atomic mass is 10.00. The molecule has 4 nitrogen and oxygen atoms in total. The quantitative estimate of drug-likeness (QED) is 0.874. The third kappa shape index (κ3) is 2.54. The lowest BCUT2D eigenvalue weighted by molar-refractivity contribution is -0.121. The molecule has 2 aromatic carbocycles. The summed E-state index contributed by atoms with van der Waals surface area (Å²) in [5.74, 6) is -0.0935. The molecule has 2 aromatic rings. The molecule has 1 aliphatic heterocycles. The van der Waals surface area contributed by atoms with Crippen molar-refractivity contribution in [2.45, 2.75) is 13.0 Å². The van der Waals surface area contributed by atoms with Gasteiger partial charge in [-0.25, -0.2) is 0 Å². The second kappa shape index (κ2) is 5.17. The molecular weight excluding hydrogens is 252 g/mol. The Morgan fingerprint density at radius 2 is 1.85 bits per heavy atom. The van der Waals surface area contributed by atoms with Gasteiger partial charge in [0.1, 0.15) is 0 Å². The molecule has 3 rings (SSSR count). The van der Waals surface area contributed by atoms with Crippen molar-refractivity contribution in [3.63, 3.8) is 0 Å². The SMILES string of the molecule is O=C1Cc2ccc(NC(=O)c3ccccc3)cc2CN1. The van der Waals surface area contributed by atoms with Crippen LogP contribution in [0.4, 0.5) is 5.69 Å². The van der Waals surface area contributed by atoms with Gasteiger partial charge in [0, 0.05) is 17.8 Å². The highest BCUT2D eigenvalue weighted by Gasteiger charge is 2.15. The standard InChI is InChI=1S/C16H14N2O2/c19-15-9-12-6-7-14(8-13(12)10-17-15)18-16(20)11-4-2-1-3-5-11/h1-8H,9-10H2,(H,17,19)(H,18,20). The Labute approximate surface area is 116 Å². The Balaban J connectivity index is 1.79. The molecule has 0 saturated carbocycles. The lowest BCUT2D eigenvalue weighted by Gasteiger charge is -2.17. The summed E-state index contributed by atoms with van der Waals surface area (Å²) in [6.07, 6.45) is 0.405. The van der Waals surface area contributed by atoms with Crippen LogP contribution in [-0.4, -0.2) is 11.8 Å². The molecule has 1 heterocycles. The van der Waals surface area contributed by atoms with E-state index in [0.717, 1.165) is 16.8 Å². The second-order valence-electron chi connectivity index (χ2n) is 4.76. The van der Waals surface area contributed by atoms with Crippen molar-refractivity contribution in [1.82, 2.24) is 5.32 Å². The first-order valence-corrected chi connectivity index (χ1v) is 6.47. The molecule has 0 fully saturated rings. The second-order valence-corrected chi connectivity index (χ2v) is 4.76. The van der Waals surface area contributed by atoms with E-state index < -0.39 is 0 Å². The smallest absolute Gasteiger partial charge is 0.255 e. The fourth-order valence-electron chi connectivity index (χ4n) is 2.26. The number of carbonyl (C=O) groups is 2. The number of anilines is 1. The molecule has 2 N–H and O–H groups in total. The normalized spacial score (nSPS) is 13.3. The van der Waals surface area contributed by atoms with E-state index in [1.807, 2.05) is 36.4 Å². The number of hydrogen-bond acceptors (Lipinski definition) is 2. The van der Waals surface area contributed by atoms with E-state index >= 15 is 0 Å². The molecule has 0 aromatic heterocycles. The molecule has 2 amide bonds. The highest BCUT2D eigenvalue weighted by Crippen LogP contribution is 2.20. The monoisotopic (exact) mass is 266 g/mol. The molecule has 0 atom stereocenters. The summed E-state index contributed by atoms with van der Waals surface area (Å²) in [6, 6.07) is 14.7. The molecule has 20 heavy (non-hydrogen) atoms. The third-order valence-electron chi connectivity index (χ3n) is 3.33. The highest BCUT2D eigenvalue weighted by atomic mass is 16.2. The van der Waals surface area contributed by atoms with Crippen LogP contribution in [0.3, 0.4) is 0 Å². The number of nitrogens with one attached hydrogen (secondary N) is 2. The first-order valence-electron chi connectivity index (χ1n) is 6.47. The fourth-order valence-corrected chi connectivity index (χ4v) is 2.26. The summed E-state index contributed by atoms with van der Waals surface area (Å²) in [7, 11) is 0. The number of hydrogen-bond donors (Lipinski definition) is 2. The van der Waals surface area contributed by atoms with Gasteiger partial charge < -0.3 is 10.6 Å². The summed E-state index contributed by atoms with van der Waals surface area (Å²) >= 11 is 0. The van der Waals surface area contributed by atoms with E-state index in [0.29, 0.717) is 18.5 Å². The maximum absolute atomic E-state index is 12.1. The third-order valence-corrected chi connectivity index (χ3v) is 3.33. The topological polar surface area (TPSA) is 58.2 Å². The van der Waals surface area contributed by atoms with Crippen molar-refractivity contribution >= 4 is 17.5 Å². The first-order chi connectivity index (χ1) is 9.72. The molecular formula is C16H14N2O2. The van der Waals surface area contributed by atoms with Crippen molar-refractivity contribution in [2.24, 2.45) is 0 Å². The van der Waals surface area contributed by atoms with Gasteiger partial charge in [0.2, 0.25) is 5.91 Å². The lowest BCUT2D eigenvalue weighted by Crippen LogP contribution is -2.30. The molecule has 1 aliphatic rings. The van der Waals surface area contributed by atoms with E-state index in [1.54, 1.807) is 12.1 Å².